The van der Waals surface area contributed by atoms with E-state index >= 15 is 0 Å². The van der Waals surface area contributed by atoms with Crippen LogP contribution in [0.25, 0.3) is 0 Å². The quantitative estimate of drug-likeness (QED) is 0.641. The summed E-state index contributed by atoms with van der Waals surface area (Å²) in [7, 11) is 0. The van der Waals surface area contributed by atoms with Crippen LogP contribution < -0.4 is 0 Å². The van der Waals surface area contributed by atoms with Crippen molar-refractivity contribution in [3.63, 3.8) is 0 Å². The van der Waals surface area contributed by atoms with Gasteiger partial charge in [0.2, 0.25) is 0 Å². The number of hydrogen-bond donors (Lipinski definition) is 0. The molecule has 0 saturated heterocycles. The minimum absolute atomic E-state index is 0.644. The Kier molecular flexibility index (Phi) is 2.39. The van der Waals surface area contributed by atoms with Crippen LogP contribution in [0.1, 0.15) is 0 Å². The molecule has 1 aromatic rings. The highest BCUT2D eigenvalue weighted by molar-refractivity contribution is 9.10. The van der Waals surface area contributed by atoms with Crippen LogP contribution >= 0.6 is 27.5 Å². The van der Waals surface area contributed by atoms with Crippen molar-refractivity contribution < 1.29 is 13.2 Å². The fraction of sp³-hybridized carbons (Fsp3) is 0. The minimum Gasteiger partial charge on any atom is -0.202 e. The highest BCUT2D eigenvalue weighted by atomic mass is 79.9. The van der Waals surface area contributed by atoms with Crippen molar-refractivity contribution in [2.75, 3.05) is 0 Å². The molecule has 0 bridgehead atoms. The molecule has 11 heavy (non-hydrogen) atoms. The Bertz CT molecular complexity index is 278. The number of hydrogen-bond acceptors (Lipinski definition) is 1. The smallest absolute Gasteiger partial charge is 0.202 e. The van der Waals surface area contributed by atoms with Crippen LogP contribution in [-0.2, 0) is 0 Å². The van der Waals surface area contributed by atoms with Crippen LogP contribution in [0, 0.1) is 17.6 Å². The number of nitrogens with zero attached hydrogens (tertiary/aromatic N) is 1. The Labute approximate surface area is 73.3 Å². The van der Waals surface area contributed by atoms with Gasteiger partial charge in [-0.05, 0) is 15.9 Å². The molecule has 0 N–H and O–H groups in total. The van der Waals surface area contributed by atoms with E-state index in [1.165, 1.54) is 0 Å². The summed E-state index contributed by atoms with van der Waals surface area (Å²) in [4.78, 5) is 2.75. The zero-order valence-electron chi connectivity index (χ0n) is 4.84. The van der Waals surface area contributed by atoms with E-state index in [9.17, 15) is 13.2 Å². The van der Waals surface area contributed by atoms with Gasteiger partial charge in [-0.1, -0.05) is 11.6 Å². The molecule has 60 valence electrons. The number of aromatic nitrogens is 1. The lowest BCUT2D eigenvalue weighted by Crippen LogP contribution is -1.95. The Balaban J connectivity index is 3.46. The fourth-order valence-electron chi connectivity index (χ4n) is 0.462. The lowest BCUT2D eigenvalue weighted by molar-refractivity contribution is 0.458. The molecule has 0 unspecified atom stereocenters. The van der Waals surface area contributed by atoms with E-state index in [-0.39, 0.29) is 0 Å². The van der Waals surface area contributed by atoms with Crippen LogP contribution in [0.15, 0.2) is 4.47 Å². The first kappa shape index (κ1) is 8.80. The molecular formula is C5BrClF3N. The second-order valence-corrected chi connectivity index (χ2v) is 2.79. The van der Waals surface area contributed by atoms with E-state index in [0.29, 0.717) is 0 Å². The van der Waals surface area contributed by atoms with Gasteiger partial charge in [-0.15, -0.1) is 0 Å². The maximum atomic E-state index is 12.5. The molecule has 6 heteroatoms. The first-order valence-corrected chi connectivity index (χ1v) is 3.56. The van der Waals surface area contributed by atoms with E-state index in [2.05, 4.69) is 20.9 Å². The van der Waals surface area contributed by atoms with E-state index in [0.717, 1.165) is 0 Å². The van der Waals surface area contributed by atoms with E-state index in [1.54, 1.807) is 0 Å². The molecule has 0 aliphatic heterocycles. The van der Waals surface area contributed by atoms with Crippen molar-refractivity contribution in [1.29, 1.82) is 0 Å². The summed E-state index contributed by atoms with van der Waals surface area (Å²) in [5, 5.41) is -0.698. The molecule has 1 nitrogen and oxygen atoms in total. The molecule has 1 rings (SSSR count). The maximum absolute atomic E-state index is 12.5. The van der Waals surface area contributed by atoms with Gasteiger partial charge in [0.05, 0.1) is 4.47 Å². The molecule has 0 aromatic carbocycles. The standard InChI is InChI=1S/C5BrClF3N/c6-1-2(8)4(7)11-5(10)3(1)9. The van der Waals surface area contributed by atoms with Crippen molar-refractivity contribution in [1.82, 2.24) is 4.98 Å². The summed E-state index contributed by atoms with van der Waals surface area (Å²) >= 11 is 7.53. The number of rotatable bonds is 0. The molecule has 0 spiro atoms. The van der Waals surface area contributed by atoms with Gasteiger partial charge in [-0.3, -0.25) is 0 Å². The first-order valence-electron chi connectivity index (χ1n) is 2.39. The second kappa shape index (κ2) is 2.98. The van der Waals surface area contributed by atoms with Gasteiger partial charge in [0.25, 0.3) is 5.95 Å². The topological polar surface area (TPSA) is 12.9 Å². The number of halogens is 5. The normalized spacial score (nSPS) is 10.3. The van der Waals surface area contributed by atoms with Crippen molar-refractivity contribution in [3.8, 4) is 0 Å². The largest absolute Gasteiger partial charge is 0.251 e. The summed E-state index contributed by atoms with van der Waals surface area (Å²) in [5.74, 6) is -3.92. The van der Waals surface area contributed by atoms with E-state index in [1.807, 2.05) is 0 Å². The fourth-order valence-corrected chi connectivity index (χ4v) is 1.10. The first-order chi connectivity index (χ1) is 5.04. The Hall–Kier alpha value is -0.290. The Morgan fingerprint density at radius 1 is 1.18 bits per heavy atom. The minimum atomic E-state index is -1.43. The van der Waals surface area contributed by atoms with Crippen LogP contribution in [0.2, 0.25) is 5.15 Å². The third-order valence-electron chi connectivity index (χ3n) is 0.944. The third kappa shape index (κ3) is 1.49. The monoisotopic (exact) mass is 245 g/mol. The van der Waals surface area contributed by atoms with Gasteiger partial charge in [0.15, 0.2) is 16.8 Å². The molecule has 0 radical (unpaired) electrons. The highest BCUT2D eigenvalue weighted by Crippen LogP contribution is 2.25. The lowest BCUT2D eigenvalue weighted by Gasteiger charge is -1.98. The van der Waals surface area contributed by atoms with Crippen molar-refractivity contribution in [3.05, 3.63) is 27.2 Å². The Morgan fingerprint density at radius 2 is 1.73 bits per heavy atom. The molecule has 0 atom stereocenters. The summed E-state index contributed by atoms with van der Waals surface area (Å²) in [5.41, 5.74) is 0. The molecule has 1 heterocycles. The van der Waals surface area contributed by atoms with Crippen LogP contribution in [-0.4, -0.2) is 4.98 Å². The highest BCUT2D eigenvalue weighted by Gasteiger charge is 2.16. The summed E-state index contributed by atoms with van der Waals surface area (Å²) in [6.07, 6.45) is 0. The molecule has 0 amide bonds. The van der Waals surface area contributed by atoms with Gasteiger partial charge < -0.3 is 0 Å². The lowest BCUT2D eigenvalue weighted by atomic mass is 10.4. The van der Waals surface area contributed by atoms with Crippen LogP contribution in [0.3, 0.4) is 0 Å². The average molecular weight is 246 g/mol. The van der Waals surface area contributed by atoms with Crippen molar-refractivity contribution in [2.24, 2.45) is 0 Å². The predicted octanol–water partition coefficient (Wildman–Crippen LogP) is 2.91. The molecule has 0 saturated carbocycles. The van der Waals surface area contributed by atoms with E-state index < -0.39 is 27.2 Å². The van der Waals surface area contributed by atoms with Crippen LogP contribution in [0.4, 0.5) is 13.2 Å². The van der Waals surface area contributed by atoms with Gasteiger partial charge in [-0.2, -0.15) is 4.39 Å². The van der Waals surface area contributed by atoms with Gasteiger partial charge in [0, 0.05) is 0 Å². The van der Waals surface area contributed by atoms with Crippen LogP contribution in [0.5, 0.6) is 0 Å². The van der Waals surface area contributed by atoms with E-state index in [4.69, 9.17) is 11.6 Å². The van der Waals surface area contributed by atoms with Crippen molar-refractivity contribution >= 4 is 27.5 Å². The summed E-state index contributed by atoms with van der Waals surface area (Å²) in [6, 6.07) is 0. The molecule has 0 aliphatic rings. The molecule has 0 aliphatic carbocycles. The predicted molar refractivity (Wildman–Crippen MR) is 36.8 cm³/mol. The Morgan fingerprint density at radius 3 is 2.27 bits per heavy atom. The third-order valence-corrected chi connectivity index (χ3v) is 1.89. The van der Waals surface area contributed by atoms with Gasteiger partial charge >= 0.3 is 0 Å². The van der Waals surface area contributed by atoms with Gasteiger partial charge in [-0.25, -0.2) is 13.8 Å². The zero-order chi connectivity index (χ0) is 8.59. The maximum Gasteiger partial charge on any atom is 0.251 e. The average Bonchev–Trinajstić information content (AvgIpc) is 1.97. The summed E-state index contributed by atoms with van der Waals surface area (Å²) < 4.78 is 36.5. The second-order valence-electron chi connectivity index (χ2n) is 1.64. The zero-order valence-corrected chi connectivity index (χ0v) is 7.18. The number of pyridine rings is 1. The molecule has 1 aromatic heterocycles. The molecule has 0 fully saturated rings. The van der Waals surface area contributed by atoms with Crippen molar-refractivity contribution in [2.45, 2.75) is 0 Å². The summed E-state index contributed by atoms with van der Waals surface area (Å²) in [6.45, 7) is 0. The molecular weight excluding hydrogens is 246 g/mol. The van der Waals surface area contributed by atoms with Gasteiger partial charge in [0.1, 0.15) is 0 Å². The SMILES string of the molecule is Fc1nc(Cl)c(F)c(Br)c1F.